The first-order valence-electron chi connectivity index (χ1n) is 6.27. The monoisotopic (exact) mass is 206 g/mol. The number of rotatable bonds is 6. The Morgan fingerprint density at radius 3 is 2.60 bits per heavy atom. The van der Waals surface area contributed by atoms with E-state index in [9.17, 15) is 0 Å². The summed E-state index contributed by atoms with van der Waals surface area (Å²) >= 11 is 0. The van der Waals surface area contributed by atoms with Crippen LogP contribution in [0.4, 0.5) is 0 Å². The van der Waals surface area contributed by atoms with Crippen LogP contribution in [0.15, 0.2) is 18.3 Å². The Balaban J connectivity index is 2.53. The van der Waals surface area contributed by atoms with Crippen LogP contribution in [0.1, 0.15) is 50.8 Å². The van der Waals surface area contributed by atoms with Crippen molar-refractivity contribution < 1.29 is 4.57 Å². The highest BCUT2D eigenvalue weighted by atomic mass is 14.9. The van der Waals surface area contributed by atoms with Crippen LogP contribution in [-0.2, 0) is 13.0 Å². The van der Waals surface area contributed by atoms with Crippen LogP contribution in [0.25, 0.3) is 0 Å². The van der Waals surface area contributed by atoms with Crippen molar-refractivity contribution in [2.75, 3.05) is 0 Å². The largest absolute Gasteiger partial charge is 0.202 e. The highest BCUT2D eigenvalue weighted by Gasteiger charge is 2.08. The van der Waals surface area contributed by atoms with Gasteiger partial charge >= 0.3 is 0 Å². The molecule has 1 aromatic heterocycles. The van der Waals surface area contributed by atoms with Gasteiger partial charge in [-0.05, 0) is 18.9 Å². The lowest BCUT2D eigenvalue weighted by Gasteiger charge is -2.04. The van der Waals surface area contributed by atoms with Crippen molar-refractivity contribution in [2.24, 2.45) is 0 Å². The van der Waals surface area contributed by atoms with Gasteiger partial charge in [0.05, 0.1) is 0 Å². The van der Waals surface area contributed by atoms with Crippen molar-refractivity contribution in [1.29, 1.82) is 0 Å². The van der Waals surface area contributed by atoms with Gasteiger partial charge in [0, 0.05) is 25.0 Å². The molecule has 0 saturated heterocycles. The molecular weight excluding hydrogens is 182 g/mol. The van der Waals surface area contributed by atoms with Crippen molar-refractivity contribution in [1.82, 2.24) is 0 Å². The number of hydrogen-bond acceptors (Lipinski definition) is 0. The zero-order valence-corrected chi connectivity index (χ0v) is 10.4. The van der Waals surface area contributed by atoms with Gasteiger partial charge in [-0.3, -0.25) is 0 Å². The Morgan fingerprint density at radius 2 is 1.93 bits per heavy atom. The molecule has 0 radical (unpaired) electrons. The van der Waals surface area contributed by atoms with Gasteiger partial charge < -0.3 is 0 Å². The van der Waals surface area contributed by atoms with E-state index in [4.69, 9.17) is 0 Å². The molecule has 0 bridgehead atoms. The van der Waals surface area contributed by atoms with Gasteiger partial charge in [0.2, 0.25) is 0 Å². The molecule has 84 valence electrons. The lowest BCUT2D eigenvalue weighted by molar-refractivity contribution is -0.703. The van der Waals surface area contributed by atoms with Crippen molar-refractivity contribution in [3.05, 3.63) is 29.6 Å². The number of unbranched alkanes of at least 4 members (excludes halogenated alkanes) is 3. The van der Waals surface area contributed by atoms with Crippen LogP contribution >= 0.6 is 0 Å². The molecule has 1 rings (SSSR count). The van der Waals surface area contributed by atoms with Gasteiger partial charge in [-0.15, -0.1) is 0 Å². The standard InChI is InChI=1S/C14H24N/c1-4-6-7-8-11-15-12-9-10-14(5-2)13(15)3/h9-10,12H,4-8,11H2,1-3H3/q+1. The van der Waals surface area contributed by atoms with Crippen LogP contribution in [0, 0.1) is 6.92 Å². The molecule has 1 nitrogen and oxygen atoms in total. The minimum absolute atomic E-state index is 1.14. The summed E-state index contributed by atoms with van der Waals surface area (Å²) in [6.45, 7) is 7.90. The lowest BCUT2D eigenvalue weighted by Crippen LogP contribution is -2.37. The van der Waals surface area contributed by atoms with E-state index < -0.39 is 0 Å². The van der Waals surface area contributed by atoms with Crippen LogP contribution in [-0.4, -0.2) is 0 Å². The summed E-state index contributed by atoms with van der Waals surface area (Å²) < 4.78 is 2.40. The molecule has 15 heavy (non-hydrogen) atoms. The summed E-state index contributed by atoms with van der Waals surface area (Å²) in [6.07, 6.45) is 8.71. The number of nitrogens with zero attached hydrogens (tertiary/aromatic N) is 1. The third-order valence-electron chi connectivity index (χ3n) is 3.09. The predicted molar refractivity (Wildman–Crippen MR) is 64.9 cm³/mol. The van der Waals surface area contributed by atoms with Crippen molar-refractivity contribution in [3.8, 4) is 0 Å². The highest BCUT2D eigenvalue weighted by Crippen LogP contribution is 2.04. The first-order chi connectivity index (χ1) is 7.29. The van der Waals surface area contributed by atoms with E-state index in [0.717, 1.165) is 6.42 Å². The first kappa shape index (κ1) is 12.2. The Morgan fingerprint density at radius 1 is 1.13 bits per heavy atom. The van der Waals surface area contributed by atoms with E-state index in [0.29, 0.717) is 0 Å². The smallest absolute Gasteiger partial charge is 0.181 e. The maximum Gasteiger partial charge on any atom is 0.181 e. The molecule has 0 amide bonds. The zero-order valence-electron chi connectivity index (χ0n) is 10.4. The van der Waals surface area contributed by atoms with E-state index in [-0.39, 0.29) is 0 Å². The molecule has 1 heteroatoms. The second kappa shape index (κ2) is 6.60. The summed E-state index contributed by atoms with van der Waals surface area (Å²) in [5, 5.41) is 0. The van der Waals surface area contributed by atoms with Gasteiger partial charge in [-0.25, -0.2) is 4.57 Å². The second-order valence-electron chi connectivity index (χ2n) is 4.23. The van der Waals surface area contributed by atoms with E-state index in [1.54, 1.807) is 0 Å². The summed E-state index contributed by atoms with van der Waals surface area (Å²) in [6, 6.07) is 4.41. The molecule has 0 saturated carbocycles. The van der Waals surface area contributed by atoms with Gasteiger partial charge in [0.25, 0.3) is 0 Å². The maximum atomic E-state index is 2.40. The SMILES string of the molecule is CCCCCC[n+]1cccc(CC)c1C. The fourth-order valence-corrected chi connectivity index (χ4v) is 2.00. The molecule has 1 aromatic rings. The zero-order chi connectivity index (χ0) is 11.1. The van der Waals surface area contributed by atoms with Gasteiger partial charge in [0.15, 0.2) is 11.9 Å². The molecule has 0 aromatic carbocycles. The fraction of sp³-hybridized carbons (Fsp3) is 0.643. The molecule has 0 N–H and O–H groups in total. The Kier molecular flexibility index (Phi) is 5.38. The molecule has 0 fully saturated rings. The number of aryl methyl sites for hydroxylation is 2. The molecule has 0 unspecified atom stereocenters. The second-order valence-corrected chi connectivity index (χ2v) is 4.23. The molecule has 0 aliphatic rings. The summed E-state index contributed by atoms with van der Waals surface area (Å²) in [7, 11) is 0. The number of hydrogen-bond donors (Lipinski definition) is 0. The molecule has 0 atom stereocenters. The Bertz CT molecular complexity index is 291. The quantitative estimate of drug-likeness (QED) is 0.496. The normalized spacial score (nSPS) is 10.6. The molecule has 1 heterocycles. The first-order valence-corrected chi connectivity index (χ1v) is 6.27. The molecule has 0 aliphatic carbocycles. The van der Waals surface area contributed by atoms with Crippen LogP contribution in [0.5, 0.6) is 0 Å². The highest BCUT2D eigenvalue weighted by molar-refractivity contribution is 5.13. The minimum atomic E-state index is 1.14. The molecule has 0 aliphatic heterocycles. The lowest BCUT2D eigenvalue weighted by atomic mass is 10.1. The third-order valence-corrected chi connectivity index (χ3v) is 3.09. The van der Waals surface area contributed by atoms with E-state index in [1.807, 2.05) is 0 Å². The molecular formula is C14H24N+. The van der Waals surface area contributed by atoms with E-state index in [1.165, 1.54) is 43.5 Å². The predicted octanol–water partition coefficient (Wildman–Crippen LogP) is 3.43. The van der Waals surface area contributed by atoms with Gasteiger partial charge in [-0.2, -0.15) is 0 Å². The van der Waals surface area contributed by atoms with Gasteiger partial charge in [0.1, 0.15) is 6.54 Å². The summed E-state index contributed by atoms with van der Waals surface area (Å²) in [5.74, 6) is 0. The maximum absolute atomic E-state index is 2.40. The van der Waals surface area contributed by atoms with Crippen LogP contribution in [0.3, 0.4) is 0 Å². The summed E-state index contributed by atoms with van der Waals surface area (Å²) in [5.41, 5.74) is 2.92. The number of aromatic nitrogens is 1. The average molecular weight is 206 g/mol. The van der Waals surface area contributed by atoms with Crippen molar-refractivity contribution in [3.63, 3.8) is 0 Å². The third kappa shape index (κ3) is 3.65. The minimum Gasteiger partial charge on any atom is -0.202 e. The average Bonchev–Trinajstić information content (AvgIpc) is 2.26. The van der Waals surface area contributed by atoms with Crippen LogP contribution < -0.4 is 4.57 Å². The molecule has 0 spiro atoms. The Labute approximate surface area is 94.1 Å². The van der Waals surface area contributed by atoms with Crippen molar-refractivity contribution in [2.45, 2.75) is 59.4 Å². The summed E-state index contributed by atoms with van der Waals surface area (Å²) in [4.78, 5) is 0. The van der Waals surface area contributed by atoms with E-state index in [2.05, 4.69) is 43.7 Å². The van der Waals surface area contributed by atoms with Gasteiger partial charge in [-0.1, -0.05) is 26.7 Å². The number of pyridine rings is 1. The van der Waals surface area contributed by atoms with E-state index >= 15 is 0 Å². The van der Waals surface area contributed by atoms with Crippen LogP contribution in [0.2, 0.25) is 0 Å². The topological polar surface area (TPSA) is 3.88 Å². The Hall–Kier alpha value is -0.850. The fourth-order valence-electron chi connectivity index (χ4n) is 2.00. The van der Waals surface area contributed by atoms with Crippen molar-refractivity contribution >= 4 is 0 Å².